The minimum absolute atomic E-state index is 0.0366. The molecule has 0 aliphatic carbocycles. The summed E-state index contributed by atoms with van der Waals surface area (Å²) in [6, 6.07) is 23.0. The molecule has 4 heteroatoms. The van der Waals surface area contributed by atoms with Crippen molar-refractivity contribution in [3.8, 4) is 0 Å². The second kappa shape index (κ2) is 11.1. The zero-order valence-electron chi connectivity index (χ0n) is 20.6. The van der Waals surface area contributed by atoms with Gasteiger partial charge in [-0.05, 0) is 60.3 Å². The number of nitrogens with one attached hydrogen (secondary N) is 1. The molecule has 1 N–H and O–H groups in total. The molecule has 2 aromatic carbocycles. The van der Waals surface area contributed by atoms with Gasteiger partial charge in [0.05, 0.1) is 12.9 Å². The van der Waals surface area contributed by atoms with Crippen LogP contribution in [0.15, 0.2) is 77.4 Å². The number of amides is 1. The van der Waals surface area contributed by atoms with E-state index in [4.69, 9.17) is 9.15 Å². The summed E-state index contributed by atoms with van der Waals surface area (Å²) in [6.07, 6.45) is 3.98. The molecule has 3 atom stereocenters. The summed E-state index contributed by atoms with van der Waals surface area (Å²) in [5, 5.41) is 3.21. The van der Waals surface area contributed by atoms with E-state index in [1.165, 1.54) is 16.7 Å². The number of carbonyl (C=O) groups is 1. The highest BCUT2D eigenvalue weighted by atomic mass is 16.5. The molecule has 3 aromatic rings. The monoisotopic (exact) mass is 459 g/mol. The predicted octanol–water partition coefficient (Wildman–Crippen LogP) is 6.46. The topological polar surface area (TPSA) is 51.5 Å². The minimum Gasteiger partial charge on any atom is -0.469 e. The summed E-state index contributed by atoms with van der Waals surface area (Å²) in [4.78, 5) is 13.2. The number of benzene rings is 2. The molecule has 34 heavy (non-hydrogen) atoms. The van der Waals surface area contributed by atoms with Crippen LogP contribution in [0.5, 0.6) is 0 Å². The zero-order chi connectivity index (χ0) is 24.0. The predicted molar refractivity (Wildman–Crippen MR) is 136 cm³/mol. The van der Waals surface area contributed by atoms with Crippen LogP contribution in [0.25, 0.3) is 0 Å². The second-order valence-corrected chi connectivity index (χ2v) is 10.3. The van der Waals surface area contributed by atoms with Gasteiger partial charge in [0.2, 0.25) is 5.91 Å². The van der Waals surface area contributed by atoms with E-state index >= 15 is 0 Å². The van der Waals surface area contributed by atoms with E-state index in [0.29, 0.717) is 18.9 Å². The molecule has 1 saturated heterocycles. The number of hydrogen-bond donors (Lipinski definition) is 1. The lowest BCUT2D eigenvalue weighted by Crippen LogP contribution is -2.40. The van der Waals surface area contributed by atoms with Crippen molar-refractivity contribution in [2.45, 2.75) is 51.9 Å². The number of carbonyl (C=O) groups excluding carboxylic acids is 1. The highest BCUT2D eigenvalue weighted by Gasteiger charge is 2.39. The summed E-state index contributed by atoms with van der Waals surface area (Å²) in [6.45, 7) is 8.73. The van der Waals surface area contributed by atoms with Crippen LogP contribution in [-0.2, 0) is 9.53 Å². The Kier molecular flexibility index (Phi) is 7.89. The normalized spacial score (nSPS) is 19.3. The highest BCUT2D eigenvalue weighted by molar-refractivity contribution is 5.77. The molecule has 0 saturated carbocycles. The first-order chi connectivity index (χ1) is 16.4. The molecular formula is C30H37NO3. The largest absolute Gasteiger partial charge is 0.469 e. The lowest BCUT2D eigenvalue weighted by Gasteiger charge is -2.43. The van der Waals surface area contributed by atoms with E-state index in [2.05, 4.69) is 74.6 Å². The van der Waals surface area contributed by atoms with Crippen molar-refractivity contribution in [2.75, 3.05) is 19.8 Å². The summed E-state index contributed by atoms with van der Waals surface area (Å²) in [5.41, 5.74) is 3.72. The molecule has 0 unspecified atom stereocenters. The Balaban J connectivity index is 1.42. The van der Waals surface area contributed by atoms with Crippen LogP contribution in [0.3, 0.4) is 0 Å². The molecule has 180 valence electrons. The van der Waals surface area contributed by atoms with Crippen LogP contribution in [0.4, 0.5) is 0 Å². The van der Waals surface area contributed by atoms with Crippen LogP contribution in [0, 0.1) is 18.3 Å². The molecule has 1 aliphatic heterocycles. The van der Waals surface area contributed by atoms with Crippen molar-refractivity contribution < 1.29 is 13.9 Å². The fourth-order valence-corrected chi connectivity index (χ4v) is 5.37. The third-order valence-corrected chi connectivity index (χ3v) is 7.29. The molecule has 1 aliphatic rings. The standard InChI is InChI=1S/C30H37NO3/c1-22-11-13-24(14-12-22)25(28-10-7-18-34-28)15-17-31-29(32)20-26(23-8-5-4-6-9-23)27-16-19-33-21-30(27,2)3/h4-14,18,25-27H,15-17,19-21H2,1-3H3,(H,31,32)/t25-,26+,27-/m1/s1. The van der Waals surface area contributed by atoms with Crippen LogP contribution in [-0.4, -0.2) is 25.7 Å². The Morgan fingerprint density at radius 3 is 2.47 bits per heavy atom. The SMILES string of the molecule is Cc1ccc([C@@H](CCNC(=O)C[C@@H](c2ccccc2)[C@H]2CCOCC2(C)C)c2ccco2)cc1. The van der Waals surface area contributed by atoms with Gasteiger partial charge in [-0.2, -0.15) is 0 Å². The van der Waals surface area contributed by atoms with Gasteiger partial charge in [0.1, 0.15) is 5.76 Å². The van der Waals surface area contributed by atoms with Crippen LogP contribution in [0.2, 0.25) is 0 Å². The van der Waals surface area contributed by atoms with Gasteiger partial charge in [0.15, 0.2) is 0 Å². The fraction of sp³-hybridized carbons (Fsp3) is 0.433. The second-order valence-electron chi connectivity index (χ2n) is 10.3. The van der Waals surface area contributed by atoms with Crippen molar-refractivity contribution in [3.05, 3.63) is 95.4 Å². The molecule has 0 bridgehead atoms. The van der Waals surface area contributed by atoms with E-state index in [1.807, 2.05) is 18.2 Å². The quantitative estimate of drug-likeness (QED) is 0.399. The fourth-order valence-electron chi connectivity index (χ4n) is 5.37. The summed E-state index contributed by atoms with van der Waals surface area (Å²) >= 11 is 0. The maximum Gasteiger partial charge on any atom is 0.220 e. The first-order valence-corrected chi connectivity index (χ1v) is 12.4. The lowest BCUT2D eigenvalue weighted by atomic mass is 9.66. The molecular weight excluding hydrogens is 422 g/mol. The molecule has 0 spiro atoms. The van der Waals surface area contributed by atoms with E-state index in [0.717, 1.165) is 31.8 Å². The Morgan fingerprint density at radius 2 is 1.79 bits per heavy atom. The smallest absolute Gasteiger partial charge is 0.220 e. The van der Waals surface area contributed by atoms with Crippen molar-refractivity contribution in [3.63, 3.8) is 0 Å². The number of aryl methyl sites for hydroxylation is 1. The number of ether oxygens (including phenoxy) is 1. The first kappa shape index (κ1) is 24.3. The minimum atomic E-state index is 0.0366. The third-order valence-electron chi connectivity index (χ3n) is 7.29. The van der Waals surface area contributed by atoms with Gasteiger partial charge >= 0.3 is 0 Å². The Hall–Kier alpha value is -2.85. The third kappa shape index (κ3) is 5.98. The van der Waals surface area contributed by atoms with Crippen molar-refractivity contribution >= 4 is 5.91 Å². The van der Waals surface area contributed by atoms with E-state index < -0.39 is 0 Å². The highest BCUT2D eigenvalue weighted by Crippen LogP contribution is 2.44. The van der Waals surface area contributed by atoms with Gasteiger partial charge in [0.25, 0.3) is 0 Å². The first-order valence-electron chi connectivity index (χ1n) is 12.4. The van der Waals surface area contributed by atoms with Gasteiger partial charge in [-0.25, -0.2) is 0 Å². The Morgan fingerprint density at radius 1 is 1.03 bits per heavy atom. The Bertz CT molecular complexity index is 1020. The molecule has 0 radical (unpaired) electrons. The molecule has 1 fully saturated rings. The van der Waals surface area contributed by atoms with Crippen molar-refractivity contribution in [1.29, 1.82) is 0 Å². The average Bonchev–Trinajstić information content (AvgIpc) is 3.36. The van der Waals surface area contributed by atoms with Gasteiger partial charge < -0.3 is 14.5 Å². The van der Waals surface area contributed by atoms with E-state index in [1.54, 1.807) is 6.26 Å². The average molecular weight is 460 g/mol. The lowest BCUT2D eigenvalue weighted by molar-refractivity contribution is -0.122. The molecule has 4 nitrogen and oxygen atoms in total. The summed E-state index contributed by atoms with van der Waals surface area (Å²) in [7, 11) is 0. The van der Waals surface area contributed by atoms with Crippen molar-refractivity contribution in [1.82, 2.24) is 5.32 Å². The Labute approximate surface area is 203 Å². The molecule has 1 amide bonds. The zero-order valence-corrected chi connectivity index (χ0v) is 20.6. The van der Waals surface area contributed by atoms with Gasteiger partial charge in [0, 0.05) is 25.5 Å². The summed E-state index contributed by atoms with van der Waals surface area (Å²) in [5.74, 6) is 1.74. The summed E-state index contributed by atoms with van der Waals surface area (Å²) < 4.78 is 11.5. The molecule has 2 heterocycles. The number of hydrogen-bond acceptors (Lipinski definition) is 3. The molecule has 1 aromatic heterocycles. The van der Waals surface area contributed by atoms with E-state index in [9.17, 15) is 4.79 Å². The van der Waals surface area contributed by atoms with E-state index in [-0.39, 0.29) is 23.2 Å². The van der Waals surface area contributed by atoms with Crippen LogP contribution < -0.4 is 5.32 Å². The maximum absolute atomic E-state index is 13.2. The maximum atomic E-state index is 13.2. The van der Waals surface area contributed by atoms with Crippen molar-refractivity contribution in [2.24, 2.45) is 11.3 Å². The van der Waals surface area contributed by atoms with Gasteiger partial charge in [-0.15, -0.1) is 0 Å². The van der Waals surface area contributed by atoms with Crippen LogP contribution >= 0.6 is 0 Å². The van der Waals surface area contributed by atoms with Crippen LogP contribution in [0.1, 0.15) is 67.4 Å². The number of furan rings is 1. The van der Waals surface area contributed by atoms with Gasteiger partial charge in [-0.1, -0.05) is 74.0 Å². The molecule has 4 rings (SSSR count). The number of rotatable bonds is 9. The van der Waals surface area contributed by atoms with Gasteiger partial charge in [-0.3, -0.25) is 4.79 Å².